The minimum Gasteiger partial charge on any atom is -0.334 e. The maximum atomic E-state index is 13.4. The van der Waals surface area contributed by atoms with E-state index in [9.17, 15) is 9.18 Å². The van der Waals surface area contributed by atoms with Gasteiger partial charge in [-0.3, -0.25) is 4.79 Å². The maximum absolute atomic E-state index is 13.4. The molecule has 0 aliphatic carbocycles. The van der Waals surface area contributed by atoms with E-state index in [1.807, 2.05) is 11.8 Å². The van der Waals surface area contributed by atoms with Gasteiger partial charge in [-0.1, -0.05) is 13.0 Å². The van der Waals surface area contributed by atoms with E-state index in [4.69, 9.17) is 0 Å². The van der Waals surface area contributed by atoms with E-state index in [1.54, 1.807) is 6.07 Å². The van der Waals surface area contributed by atoms with Gasteiger partial charge in [0.05, 0.1) is 0 Å². The fourth-order valence-electron chi connectivity index (χ4n) is 2.77. The summed E-state index contributed by atoms with van der Waals surface area (Å²) in [6.45, 7) is 6.50. The van der Waals surface area contributed by atoms with Crippen LogP contribution in [-0.4, -0.2) is 36.5 Å². The minimum atomic E-state index is -0.350. The van der Waals surface area contributed by atoms with E-state index in [0.29, 0.717) is 5.56 Å². The number of nitrogens with zero attached hydrogens (tertiary/aromatic N) is 1. The summed E-state index contributed by atoms with van der Waals surface area (Å²) >= 11 is 0. The van der Waals surface area contributed by atoms with Crippen LogP contribution < -0.4 is 5.32 Å². The van der Waals surface area contributed by atoms with E-state index in [1.165, 1.54) is 12.1 Å². The molecule has 4 heteroatoms. The molecule has 3 nitrogen and oxygen atoms in total. The fourth-order valence-corrected chi connectivity index (χ4v) is 2.77. The highest BCUT2D eigenvalue weighted by Gasteiger charge is 2.26. The first-order valence-electron chi connectivity index (χ1n) is 7.41. The van der Waals surface area contributed by atoms with E-state index >= 15 is 0 Å². The van der Waals surface area contributed by atoms with Crippen LogP contribution in [0.4, 0.5) is 4.39 Å². The highest BCUT2D eigenvalue weighted by molar-refractivity contribution is 5.95. The molecule has 1 aliphatic heterocycles. The molecule has 1 amide bonds. The van der Waals surface area contributed by atoms with Crippen molar-refractivity contribution >= 4 is 5.91 Å². The van der Waals surface area contributed by atoms with Crippen molar-refractivity contribution in [2.75, 3.05) is 19.6 Å². The number of hydrogen-bond acceptors (Lipinski definition) is 2. The van der Waals surface area contributed by atoms with Crippen molar-refractivity contribution in [3.63, 3.8) is 0 Å². The first kappa shape index (κ1) is 15.0. The monoisotopic (exact) mass is 278 g/mol. The van der Waals surface area contributed by atoms with Crippen molar-refractivity contribution in [1.29, 1.82) is 0 Å². The van der Waals surface area contributed by atoms with Gasteiger partial charge in [-0.2, -0.15) is 0 Å². The molecule has 2 rings (SSSR count). The van der Waals surface area contributed by atoms with Crippen molar-refractivity contribution in [2.45, 2.75) is 39.2 Å². The number of amides is 1. The van der Waals surface area contributed by atoms with E-state index < -0.39 is 0 Å². The average Bonchev–Trinajstić information content (AvgIpc) is 2.47. The summed E-state index contributed by atoms with van der Waals surface area (Å²) in [7, 11) is 0. The fraction of sp³-hybridized carbons (Fsp3) is 0.562. The van der Waals surface area contributed by atoms with Crippen molar-refractivity contribution in [3.05, 3.63) is 35.1 Å². The van der Waals surface area contributed by atoms with Crippen LogP contribution in [0.2, 0.25) is 0 Å². The second kappa shape index (κ2) is 6.84. The molecule has 1 aromatic rings. The van der Waals surface area contributed by atoms with E-state index in [2.05, 4.69) is 12.2 Å². The number of piperidine rings is 1. The van der Waals surface area contributed by atoms with Crippen molar-refractivity contribution in [3.8, 4) is 0 Å². The lowest BCUT2D eigenvalue weighted by Gasteiger charge is -2.35. The largest absolute Gasteiger partial charge is 0.334 e. The Labute approximate surface area is 120 Å². The normalized spacial score (nSPS) is 18.9. The standard InChI is InChI=1S/C16H23FN2O/c1-3-9-19(14-5-4-8-18-11-14)16(20)15-10-13(17)7-6-12(15)2/h6-7,10,14,18H,3-5,8-9,11H2,1-2H3. The summed E-state index contributed by atoms with van der Waals surface area (Å²) in [6, 6.07) is 4.65. The molecule has 1 fully saturated rings. The number of benzene rings is 1. The van der Waals surface area contributed by atoms with Crippen LogP contribution in [0, 0.1) is 12.7 Å². The second-order valence-electron chi connectivity index (χ2n) is 5.46. The lowest BCUT2D eigenvalue weighted by molar-refractivity contribution is 0.0647. The van der Waals surface area contributed by atoms with Crippen LogP contribution in [-0.2, 0) is 0 Å². The average molecular weight is 278 g/mol. The molecule has 0 radical (unpaired) electrons. The Morgan fingerprint density at radius 1 is 1.50 bits per heavy atom. The number of nitrogens with one attached hydrogen (secondary N) is 1. The molecule has 1 N–H and O–H groups in total. The number of halogens is 1. The Morgan fingerprint density at radius 3 is 2.95 bits per heavy atom. The number of hydrogen-bond donors (Lipinski definition) is 1. The van der Waals surface area contributed by atoms with Crippen molar-refractivity contribution in [2.24, 2.45) is 0 Å². The highest BCUT2D eigenvalue weighted by Crippen LogP contribution is 2.18. The Morgan fingerprint density at radius 2 is 2.30 bits per heavy atom. The van der Waals surface area contributed by atoms with Gasteiger partial charge in [0.25, 0.3) is 5.91 Å². The van der Waals surface area contributed by atoms with Gasteiger partial charge >= 0.3 is 0 Å². The Balaban J connectivity index is 2.23. The minimum absolute atomic E-state index is 0.0439. The summed E-state index contributed by atoms with van der Waals surface area (Å²) in [4.78, 5) is 14.6. The molecule has 1 heterocycles. The highest BCUT2D eigenvalue weighted by atomic mass is 19.1. The molecule has 20 heavy (non-hydrogen) atoms. The van der Waals surface area contributed by atoms with Crippen LogP contribution >= 0.6 is 0 Å². The second-order valence-corrected chi connectivity index (χ2v) is 5.46. The summed E-state index contributed by atoms with van der Waals surface area (Å²) in [5, 5.41) is 3.34. The maximum Gasteiger partial charge on any atom is 0.254 e. The Hall–Kier alpha value is -1.42. The molecule has 0 aromatic heterocycles. The Bertz CT molecular complexity index is 470. The summed E-state index contributed by atoms with van der Waals surface area (Å²) in [6.07, 6.45) is 3.02. The smallest absolute Gasteiger partial charge is 0.254 e. The van der Waals surface area contributed by atoms with Gasteiger partial charge in [0.2, 0.25) is 0 Å². The number of rotatable bonds is 4. The van der Waals surface area contributed by atoms with Gasteiger partial charge in [0, 0.05) is 24.7 Å². The third-order valence-electron chi connectivity index (χ3n) is 3.87. The zero-order chi connectivity index (χ0) is 14.5. The number of carbonyl (C=O) groups is 1. The lowest BCUT2D eigenvalue weighted by Crippen LogP contribution is -2.49. The van der Waals surface area contributed by atoms with Crippen LogP contribution in [0.1, 0.15) is 42.1 Å². The third-order valence-corrected chi connectivity index (χ3v) is 3.87. The van der Waals surface area contributed by atoms with Gasteiger partial charge in [-0.05, 0) is 50.4 Å². The van der Waals surface area contributed by atoms with Crippen LogP contribution in [0.25, 0.3) is 0 Å². The van der Waals surface area contributed by atoms with E-state index in [-0.39, 0.29) is 17.8 Å². The predicted octanol–water partition coefficient (Wildman–Crippen LogP) is 2.74. The molecule has 0 spiro atoms. The van der Waals surface area contributed by atoms with Gasteiger partial charge in [-0.25, -0.2) is 4.39 Å². The van der Waals surface area contributed by atoms with Crippen LogP contribution in [0.15, 0.2) is 18.2 Å². The lowest BCUT2D eigenvalue weighted by atomic mass is 10.0. The van der Waals surface area contributed by atoms with Crippen molar-refractivity contribution in [1.82, 2.24) is 10.2 Å². The van der Waals surface area contributed by atoms with Crippen LogP contribution in [0.5, 0.6) is 0 Å². The zero-order valence-electron chi connectivity index (χ0n) is 12.3. The number of aryl methyl sites for hydroxylation is 1. The molecule has 0 bridgehead atoms. The van der Waals surface area contributed by atoms with Gasteiger partial charge < -0.3 is 10.2 Å². The topological polar surface area (TPSA) is 32.3 Å². The third kappa shape index (κ3) is 3.37. The first-order chi connectivity index (χ1) is 9.63. The van der Waals surface area contributed by atoms with Gasteiger partial charge in [0.15, 0.2) is 0 Å². The molecule has 1 unspecified atom stereocenters. The molecule has 110 valence electrons. The molecule has 1 saturated heterocycles. The summed E-state index contributed by atoms with van der Waals surface area (Å²) in [5.41, 5.74) is 1.32. The van der Waals surface area contributed by atoms with Crippen molar-refractivity contribution < 1.29 is 9.18 Å². The molecule has 1 aliphatic rings. The quantitative estimate of drug-likeness (QED) is 0.918. The SMILES string of the molecule is CCCN(C(=O)c1cc(F)ccc1C)C1CCCNC1. The Kier molecular flexibility index (Phi) is 5.12. The molecule has 0 saturated carbocycles. The molecule has 1 atom stereocenters. The van der Waals surface area contributed by atoms with E-state index in [0.717, 1.165) is 44.5 Å². The first-order valence-corrected chi connectivity index (χ1v) is 7.41. The summed E-state index contributed by atoms with van der Waals surface area (Å²) in [5.74, 6) is -0.394. The predicted molar refractivity (Wildman–Crippen MR) is 78.4 cm³/mol. The molecule has 1 aromatic carbocycles. The number of carbonyl (C=O) groups excluding carboxylic acids is 1. The van der Waals surface area contributed by atoms with Crippen LogP contribution in [0.3, 0.4) is 0 Å². The molecular weight excluding hydrogens is 255 g/mol. The van der Waals surface area contributed by atoms with Gasteiger partial charge in [0.1, 0.15) is 5.82 Å². The zero-order valence-corrected chi connectivity index (χ0v) is 12.3. The summed E-state index contributed by atoms with van der Waals surface area (Å²) < 4.78 is 13.4. The van der Waals surface area contributed by atoms with Gasteiger partial charge in [-0.15, -0.1) is 0 Å². The molecular formula is C16H23FN2O.